The van der Waals surface area contributed by atoms with E-state index in [4.69, 9.17) is 14.4 Å². The van der Waals surface area contributed by atoms with Crippen LogP contribution >= 0.6 is 0 Å². The molecule has 57 heavy (non-hydrogen) atoms. The van der Waals surface area contributed by atoms with Crippen molar-refractivity contribution in [3.63, 3.8) is 0 Å². The molecule has 0 amide bonds. The summed E-state index contributed by atoms with van der Waals surface area (Å²) >= 11 is -1.72. The molecular formula is C50H38GeIrN4O-2. The van der Waals surface area contributed by atoms with E-state index in [1.54, 1.807) is 0 Å². The van der Waals surface area contributed by atoms with E-state index in [2.05, 4.69) is 124 Å². The first-order chi connectivity index (χ1) is 27.4. The van der Waals surface area contributed by atoms with E-state index in [1.165, 1.54) is 15.5 Å². The van der Waals surface area contributed by atoms with Gasteiger partial charge in [-0.25, -0.2) is 4.98 Å². The number of nitrogens with zero attached hydrogens (tertiary/aromatic N) is 4. The smallest absolute Gasteiger partial charge is 0.216 e. The van der Waals surface area contributed by atoms with Gasteiger partial charge in [0.05, 0.1) is 28.1 Å². The number of furan rings is 1. The van der Waals surface area contributed by atoms with Crippen molar-refractivity contribution in [1.82, 2.24) is 19.5 Å². The van der Waals surface area contributed by atoms with E-state index < -0.39 is 13.3 Å². The molecule has 4 aromatic heterocycles. The fraction of sp³-hybridized carbons (Fsp3) is 0.0600. The van der Waals surface area contributed by atoms with Crippen LogP contribution in [-0.2, 0) is 20.1 Å². The molecule has 4 heterocycles. The maximum atomic E-state index is 6.47. The van der Waals surface area contributed by atoms with Crippen LogP contribution in [0.1, 0.15) is 0 Å². The molecule has 0 bridgehead atoms. The molecule has 0 aliphatic rings. The van der Waals surface area contributed by atoms with Gasteiger partial charge in [-0.15, -0.1) is 18.2 Å². The van der Waals surface area contributed by atoms with Crippen molar-refractivity contribution in [3.05, 3.63) is 188 Å². The Hall–Kier alpha value is -5.92. The van der Waals surface area contributed by atoms with Crippen LogP contribution in [0.15, 0.2) is 180 Å². The molecule has 1 radical (unpaired) electrons. The number of pyridine rings is 2. The molecule has 5 nitrogen and oxygen atoms in total. The van der Waals surface area contributed by atoms with Gasteiger partial charge in [0.15, 0.2) is 0 Å². The van der Waals surface area contributed by atoms with Crippen molar-refractivity contribution >= 4 is 50.8 Å². The molecule has 0 saturated heterocycles. The topological polar surface area (TPSA) is 56.7 Å². The van der Waals surface area contributed by atoms with Crippen LogP contribution in [0.2, 0.25) is 17.3 Å². The van der Waals surface area contributed by atoms with Gasteiger partial charge in [0.1, 0.15) is 0 Å². The Kier molecular flexibility index (Phi) is 10.8. The number of para-hydroxylation sites is 2. The second-order valence-electron chi connectivity index (χ2n) is 14.7. The molecule has 10 aromatic rings. The van der Waals surface area contributed by atoms with Gasteiger partial charge < -0.3 is 8.98 Å². The summed E-state index contributed by atoms with van der Waals surface area (Å²) in [6.45, 7) is 0. The number of benzene rings is 6. The Balaban J connectivity index is 0.000000226. The number of fused-ring (bicyclic) bond motifs is 4. The minimum absolute atomic E-state index is 0. The van der Waals surface area contributed by atoms with E-state index in [9.17, 15) is 0 Å². The van der Waals surface area contributed by atoms with Crippen molar-refractivity contribution in [2.75, 3.05) is 0 Å². The van der Waals surface area contributed by atoms with Crippen molar-refractivity contribution in [1.29, 1.82) is 0 Å². The molecule has 0 saturated carbocycles. The summed E-state index contributed by atoms with van der Waals surface area (Å²) in [6.07, 6.45) is 2.04. The monoisotopic (exact) mass is 977 g/mol. The van der Waals surface area contributed by atoms with E-state index in [0.717, 1.165) is 67.0 Å². The molecule has 6 aromatic carbocycles. The predicted molar refractivity (Wildman–Crippen MR) is 233 cm³/mol. The third-order valence-electron chi connectivity index (χ3n) is 10.00. The van der Waals surface area contributed by atoms with Gasteiger partial charge in [-0.3, -0.25) is 4.98 Å². The van der Waals surface area contributed by atoms with Crippen molar-refractivity contribution in [2.45, 2.75) is 17.3 Å². The van der Waals surface area contributed by atoms with E-state index >= 15 is 0 Å². The Bertz CT molecular complexity index is 2920. The van der Waals surface area contributed by atoms with E-state index in [1.807, 2.05) is 91.1 Å². The van der Waals surface area contributed by atoms with E-state index in [0.29, 0.717) is 5.71 Å². The minimum atomic E-state index is -1.72. The summed E-state index contributed by atoms with van der Waals surface area (Å²) in [5.74, 6) is 7.92. The molecule has 7 heteroatoms. The van der Waals surface area contributed by atoms with Gasteiger partial charge >= 0.3 is 99.8 Å². The summed E-state index contributed by atoms with van der Waals surface area (Å²) in [4.78, 5) is 14.5. The molecule has 0 atom stereocenters. The van der Waals surface area contributed by atoms with Gasteiger partial charge in [0, 0.05) is 36.7 Å². The predicted octanol–water partition coefficient (Wildman–Crippen LogP) is 12.2. The molecule has 0 fully saturated rings. The quantitative estimate of drug-likeness (QED) is 0.123. The number of hydrogen-bond acceptors (Lipinski definition) is 4. The summed E-state index contributed by atoms with van der Waals surface area (Å²) < 4.78 is 10.1. The number of imidazole rings is 1. The van der Waals surface area contributed by atoms with Crippen molar-refractivity contribution in [2.24, 2.45) is 0 Å². The second kappa shape index (κ2) is 16.3. The van der Waals surface area contributed by atoms with Gasteiger partial charge in [-0.2, -0.15) is 0 Å². The largest absolute Gasteiger partial charge is 0.486 e. The van der Waals surface area contributed by atoms with Gasteiger partial charge in [0.2, 0.25) is 5.71 Å². The fourth-order valence-electron chi connectivity index (χ4n) is 7.00. The zero-order chi connectivity index (χ0) is 38.1. The molecule has 0 aliphatic heterocycles. The Morgan fingerprint density at radius 2 is 1.25 bits per heavy atom. The maximum absolute atomic E-state index is 6.47. The van der Waals surface area contributed by atoms with Gasteiger partial charge in [0.25, 0.3) is 0 Å². The number of aromatic nitrogens is 4. The van der Waals surface area contributed by atoms with Gasteiger partial charge in [-0.05, 0) is 47.5 Å². The van der Waals surface area contributed by atoms with E-state index in [-0.39, 0.29) is 20.1 Å². The van der Waals surface area contributed by atoms with Crippen LogP contribution < -0.4 is 4.40 Å². The van der Waals surface area contributed by atoms with Crippen molar-refractivity contribution in [3.8, 4) is 50.7 Å². The minimum Gasteiger partial charge on any atom is -0.486 e. The second-order valence-corrected chi connectivity index (χ2v) is 25.4. The Labute approximate surface area is 348 Å². The molecular weight excluding hydrogens is 937 g/mol. The molecule has 10 rings (SSSR count). The van der Waals surface area contributed by atoms with Crippen molar-refractivity contribution < 1.29 is 24.5 Å². The summed E-state index contributed by atoms with van der Waals surface area (Å²) in [5.41, 5.74) is 11.5. The fourth-order valence-corrected chi connectivity index (χ4v) is 9.17. The average molecular weight is 976 g/mol. The van der Waals surface area contributed by atoms with Gasteiger partial charge in [-0.1, -0.05) is 95.9 Å². The molecule has 0 N–H and O–H groups in total. The normalized spacial score (nSPS) is 11.3. The van der Waals surface area contributed by atoms with Crippen LogP contribution in [0.5, 0.6) is 0 Å². The number of hydrogen-bond donors (Lipinski definition) is 0. The zero-order valence-electron chi connectivity index (χ0n) is 31.8. The zero-order valence-corrected chi connectivity index (χ0v) is 36.3. The molecule has 0 spiro atoms. The summed E-state index contributed by atoms with van der Waals surface area (Å²) in [5, 5.41) is 1.97. The third-order valence-corrected chi connectivity index (χ3v) is 14.3. The first-order valence-electron chi connectivity index (χ1n) is 18.8. The van der Waals surface area contributed by atoms with Crippen LogP contribution in [0.25, 0.3) is 83.8 Å². The molecule has 279 valence electrons. The summed E-state index contributed by atoms with van der Waals surface area (Å²) in [7, 11) is 0. The maximum Gasteiger partial charge on any atom is 0.216 e. The van der Waals surface area contributed by atoms with Crippen LogP contribution in [0.3, 0.4) is 0 Å². The van der Waals surface area contributed by atoms with Crippen LogP contribution in [-0.4, -0.2) is 32.8 Å². The Morgan fingerprint density at radius 1 is 0.561 bits per heavy atom. The van der Waals surface area contributed by atoms with Crippen LogP contribution in [0.4, 0.5) is 0 Å². The first kappa shape index (κ1) is 38.0. The standard InChI is InChI=1S/C36H22N3O.C14H16GeN.Ir/c1-3-10-24(11-4-1)25-18-20-27(21-19-25)39-33-17-8-7-16-32(33)37-35(39)30-15-9-14-28-29-22-23-31(26-12-5-2-6-13-26)38-36(29)40-34(28)30;1-15(2,3)13-9-10-14(16-11-13)12-7-5-4-6-8-12;/h1-14,16-23H;4-7,9-11H,1-3H3;/q2*-1;. The number of rotatable bonds is 6. The van der Waals surface area contributed by atoms with Crippen LogP contribution in [0, 0.1) is 12.1 Å². The molecule has 0 aliphatic carbocycles. The summed E-state index contributed by atoms with van der Waals surface area (Å²) in [6, 6.07) is 64.4. The SMILES string of the molecule is [CH3][Ge]([CH3])([CH3])[c]1ccc(-c2[c-]cccc2)nc1.[Ir].[c-]1ccc2c(oc3nc(-c4ccccc4)ccc32)c1-c1nc2ccccc2n1-c1ccc(-c2ccccc2)cc1. The molecule has 0 unspecified atom stereocenters. The first-order valence-corrected chi connectivity index (χ1v) is 26.1. The Morgan fingerprint density at radius 3 is 1.95 bits per heavy atom. The third kappa shape index (κ3) is 7.77. The average Bonchev–Trinajstić information content (AvgIpc) is 3.83.